The first-order valence-electron chi connectivity index (χ1n) is 3.50. The summed E-state index contributed by atoms with van der Waals surface area (Å²) >= 11 is 3.26. The van der Waals surface area contributed by atoms with Crippen LogP contribution in [0, 0.1) is 13.8 Å². The fraction of sp³-hybridized carbons (Fsp3) is 0.571. The summed E-state index contributed by atoms with van der Waals surface area (Å²) in [5.74, 6) is 0. The SMILES string of the molecule is Cc1nn(CC(F)F)c(C)c1Br. The minimum Gasteiger partial charge on any atom is -0.263 e. The number of alkyl halides is 2. The third kappa shape index (κ3) is 1.83. The van der Waals surface area contributed by atoms with Crippen molar-refractivity contribution >= 4 is 15.9 Å². The highest BCUT2D eigenvalue weighted by Crippen LogP contribution is 2.20. The predicted molar refractivity (Wildman–Crippen MR) is 45.4 cm³/mol. The van der Waals surface area contributed by atoms with E-state index in [4.69, 9.17) is 0 Å². The first kappa shape index (κ1) is 9.64. The average molecular weight is 239 g/mol. The standard InChI is InChI=1S/C7H9BrF2N2/c1-4-7(8)5(2)12(11-4)3-6(9)10/h6H,3H2,1-2H3. The lowest BCUT2D eigenvalue weighted by molar-refractivity contribution is 0.121. The van der Waals surface area contributed by atoms with Crippen LogP contribution in [0.4, 0.5) is 8.78 Å². The van der Waals surface area contributed by atoms with Crippen LogP contribution < -0.4 is 0 Å². The van der Waals surface area contributed by atoms with Crippen LogP contribution in [0.1, 0.15) is 11.4 Å². The van der Waals surface area contributed by atoms with Crippen molar-refractivity contribution in [3.05, 3.63) is 15.9 Å². The molecule has 0 amide bonds. The molecule has 1 rings (SSSR count). The molecule has 0 saturated carbocycles. The van der Waals surface area contributed by atoms with Gasteiger partial charge in [0.1, 0.15) is 6.54 Å². The van der Waals surface area contributed by atoms with Crippen molar-refractivity contribution in [3.8, 4) is 0 Å². The lowest BCUT2D eigenvalue weighted by Crippen LogP contribution is -2.09. The molecule has 0 radical (unpaired) electrons. The van der Waals surface area contributed by atoms with Gasteiger partial charge in [-0.3, -0.25) is 4.68 Å². The third-order valence-electron chi connectivity index (χ3n) is 1.60. The van der Waals surface area contributed by atoms with Crippen LogP contribution in [-0.2, 0) is 6.54 Å². The molecular weight excluding hydrogens is 230 g/mol. The van der Waals surface area contributed by atoms with Gasteiger partial charge in [0.2, 0.25) is 0 Å². The van der Waals surface area contributed by atoms with E-state index < -0.39 is 6.43 Å². The van der Waals surface area contributed by atoms with Gasteiger partial charge in [-0.2, -0.15) is 5.10 Å². The lowest BCUT2D eigenvalue weighted by atomic mass is 10.4. The van der Waals surface area contributed by atoms with Gasteiger partial charge in [-0.05, 0) is 29.8 Å². The van der Waals surface area contributed by atoms with E-state index in [2.05, 4.69) is 21.0 Å². The van der Waals surface area contributed by atoms with Gasteiger partial charge >= 0.3 is 0 Å². The van der Waals surface area contributed by atoms with Gasteiger partial charge < -0.3 is 0 Å². The molecule has 1 aromatic heterocycles. The maximum atomic E-state index is 12.0. The molecule has 0 aliphatic rings. The molecule has 12 heavy (non-hydrogen) atoms. The second-order valence-electron chi connectivity index (χ2n) is 2.56. The Hall–Kier alpha value is -0.450. The van der Waals surface area contributed by atoms with Crippen molar-refractivity contribution in [2.75, 3.05) is 0 Å². The van der Waals surface area contributed by atoms with Crippen molar-refractivity contribution in [2.24, 2.45) is 0 Å². The van der Waals surface area contributed by atoms with Crippen LogP contribution in [0.3, 0.4) is 0 Å². The van der Waals surface area contributed by atoms with Crippen LogP contribution in [0.15, 0.2) is 4.47 Å². The van der Waals surface area contributed by atoms with Crippen molar-refractivity contribution in [1.82, 2.24) is 9.78 Å². The first-order valence-corrected chi connectivity index (χ1v) is 4.29. The zero-order chi connectivity index (χ0) is 9.30. The van der Waals surface area contributed by atoms with Gasteiger partial charge in [-0.25, -0.2) is 8.78 Å². The number of halogens is 3. The summed E-state index contributed by atoms with van der Waals surface area (Å²) in [6, 6.07) is 0. The highest BCUT2D eigenvalue weighted by atomic mass is 79.9. The summed E-state index contributed by atoms with van der Waals surface area (Å²) in [5.41, 5.74) is 1.49. The van der Waals surface area contributed by atoms with E-state index in [1.54, 1.807) is 13.8 Å². The minimum absolute atomic E-state index is 0.335. The quantitative estimate of drug-likeness (QED) is 0.775. The van der Waals surface area contributed by atoms with E-state index in [9.17, 15) is 8.78 Å². The van der Waals surface area contributed by atoms with E-state index in [1.165, 1.54) is 4.68 Å². The Labute approximate surface area is 77.7 Å². The summed E-state index contributed by atoms with van der Waals surface area (Å²) in [6.07, 6.45) is -2.35. The molecule has 2 nitrogen and oxygen atoms in total. The molecule has 0 bridgehead atoms. The predicted octanol–water partition coefficient (Wildman–Crippen LogP) is 2.53. The normalized spacial score (nSPS) is 11.2. The van der Waals surface area contributed by atoms with Gasteiger partial charge in [0.15, 0.2) is 0 Å². The van der Waals surface area contributed by atoms with Crippen LogP contribution in [0.25, 0.3) is 0 Å². The van der Waals surface area contributed by atoms with E-state index in [0.29, 0.717) is 0 Å². The molecule has 0 atom stereocenters. The van der Waals surface area contributed by atoms with Crippen molar-refractivity contribution in [3.63, 3.8) is 0 Å². The molecule has 0 aromatic carbocycles. The Morgan fingerprint density at radius 1 is 1.50 bits per heavy atom. The fourth-order valence-corrected chi connectivity index (χ4v) is 1.27. The summed E-state index contributed by atoms with van der Waals surface area (Å²) in [4.78, 5) is 0. The second kappa shape index (κ2) is 3.51. The smallest absolute Gasteiger partial charge is 0.257 e. The number of hydrogen-bond donors (Lipinski definition) is 0. The zero-order valence-corrected chi connectivity index (χ0v) is 8.40. The van der Waals surface area contributed by atoms with Crippen LogP contribution in [0.2, 0.25) is 0 Å². The molecule has 0 unspecified atom stereocenters. The maximum absolute atomic E-state index is 12.0. The molecule has 0 saturated heterocycles. The van der Waals surface area contributed by atoms with Gasteiger partial charge in [0, 0.05) is 0 Å². The molecular formula is C7H9BrF2N2. The number of hydrogen-bond acceptors (Lipinski definition) is 1. The van der Waals surface area contributed by atoms with Gasteiger partial charge in [0.25, 0.3) is 6.43 Å². The largest absolute Gasteiger partial charge is 0.263 e. The highest BCUT2D eigenvalue weighted by molar-refractivity contribution is 9.10. The highest BCUT2D eigenvalue weighted by Gasteiger charge is 2.11. The summed E-state index contributed by atoms with van der Waals surface area (Å²) in [7, 11) is 0. The molecule has 0 aliphatic carbocycles. The van der Waals surface area contributed by atoms with E-state index in [-0.39, 0.29) is 6.54 Å². The summed E-state index contributed by atoms with van der Waals surface area (Å²) < 4.78 is 26.0. The monoisotopic (exact) mass is 238 g/mol. The van der Waals surface area contributed by atoms with Gasteiger partial charge in [-0.15, -0.1) is 0 Å². The Balaban J connectivity index is 2.93. The second-order valence-corrected chi connectivity index (χ2v) is 3.35. The number of rotatable bonds is 2. The average Bonchev–Trinajstić information content (AvgIpc) is 2.17. The summed E-state index contributed by atoms with van der Waals surface area (Å²) in [6.45, 7) is 3.20. The Morgan fingerprint density at radius 2 is 2.08 bits per heavy atom. The fourth-order valence-electron chi connectivity index (χ4n) is 0.984. The minimum atomic E-state index is -2.35. The third-order valence-corrected chi connectivity index (χ3v) is 2.75. The molecule has 5 heteroatoms. The van der Waals surface area contributed by atoms with E-state index in [0.717, 1.165) is 15.9 Å². The number of aryl methyl sites for hydroxylation is 1. The molecule has 0 aliphatic heterocycles. The Kier molecular flexibility index (Phi) is 2.82. The van der Waals surface area contributed by atoms with Crippen LogP contribution in [-0.4, -0.2) is 16.2 Å². The molecule has 1 heterocycles. The van der Waals surface area contributed by atoms with Crippen molar-refractivity contribution < 1.29 is 8.78 Å². The van der Waals surface area contributed by atoms with Gasteiger partial charge in [-0.1, -0.05) is 0 Å². The zero-order valence-electron chi connectivity index (χ0n) is 6.81. The number of nitrogens with zero attached hydrogens (tertiary/aromatic N) is 2. The molecule has 0 N–H and O–H groups in total. The molecule has 1 aromatic rings. The number of aromatic nitrogens is 2. The Morgan fingerprint density at radius 3 is 2.42 bits per heavy atom. The van der Waals surface area contributed by atoms with Crippen molar-refractivity contribution in [1.29, 1.82) is 0 Å². The van der Waals surface area contributed by atoms with Crippen LogP contribution in [0.5, 0.6) is 0 Å². The van der Waals surface area contributed by atoms with E-state index in [1.807, 2.05) is 0 Å². The van der Waals surface area contributed by atoms with Gasteiger partial charge in [0.05, 0.1) is 15.9 Å². The maximum Gasteiger partial charge on any atom is 0.257 e. The first-order chi connectivity index (χ1) is 5.52. The van der Waals surface area contributed by atoms with E-state index >= 15 is 0 Å². The lowest BCUT2D eigenvalue weighted by Gasteiger charge is -2.01. The molecule has 68 valence electrons. The van der Waals surface area contributed by atoms with Crippen LogP contribution >= 0.6 is 15.9 Å². The molecule has 0 fully saturated rings. The topological polar surface area (TPSA) is 17.8 Å². The molecule has 0 spiro atoms. The summed E-state index contributed by atoms with van der Waals surface area (Å²) in [5, 5.41) is 3.94. The van der Waals surface area contributed by atoms with Crippen molar-refractivity contribution in [2.45, 2.75) is 26.8 Å². The Bertz CT molecular complexity index is 283.